The molecule has 1 atom stereocenters. The van der Waals surface area contributed by atoms with Crippen LogP contribution in [0.5, 0.6) is 23.0 Å². The van der Waals surface area contributed by atoms with E-state index in [1.54, 1.807) is 36.4 Å². The number of hydrogen-bond acceptors (Lipinski definition) is 8. The van der Waals surface area contributed by atoms with Crippen LogP contribution >= 0.6 is 0 Å². The van der Waals surface area contributed by atoms with Gasteiger partial charge in [-0.1, -0.05) is 32.9 Å². The maximum atomic E-state index is 12.7. The third-order valence-corrected chi connectivity index (χ3v) is 7.37. The minimum atomic E-state index is -0.694. The second kappa shape index (κ2) is 13.0. The Bertz CT molecular complexity index is 1690. The number of nitro groups is 1. The Morgan fingerprint density at radius 1 is 0.800 bits per heavy atom. The molecular weight excluding hydrogens is 576 g/mol. The molecule has 0 unspecified atom stereocenters. The first kappa shape index (κ1) is 30.9. The van der Waals surface area contributed by atoms with E-state index in [9.17, 15) is 24.5 Å². The van der Waals surface area contributed by atoms with Crippen LogP contribution in [0.1, 0.15) is 43.1 Å². The zero-order chi connectivity index (χ0) is 32.1. The Balaban J connectivity index is 1.10. The monoisotopic (exact) mass is 608 g/mol. The summed E-state index contributed by atoms with van der Waals surface area (Å²) in [6, 6.07) is 26.8. The number of carbonyl (C=O) groups excluding carboxylic acids is 3. The standard InChI is InChI=1S/C35H32N2O8/c1-35(2,3)25-6-14-29(15-7-25)45-30-16-8-26(9-17-30)36-21-24(20-33(36)39)34(40)43-22-32(38)23-4-12-28(13-5-23)44-31-18-10-27(11-19-31)37(41)42/h4-19,24H,20-22H2,1-3H3/t24-/m0/s1. The van der Waals surface area contributed by atoms with Crippen molar-refractivity contribution in [2.45, 2.75) is 32.6 Å². The van der Waals surface area contributed by atoms with Crippen LogP contribution in [0, 0.1) is 16.0 Å². The zero-order valence-electron chi connectivity index (χ0n) is 25.1. The summed E-state index contributed by atoms with van der Waals surface area (Å²) in [7, 11) is 0. The molecule has 5 rings (SSSR count). The first-order valence-electron chi connectivity index (χ1n) is 14.4. The molecular formula is C35H32N2O8. The second-order valence-electron chi connectivity index (χ2n) is 11.7. The van der Waals surface area contributed by atoms with Gasteiger partial charge in [-0.05, 0) is 83.8 Å². The van der Waals surface area contributed by atoms with E-state index in [1.807, 2.05) is 24.3 Å². The molecule has 1 aliphatic rings. The third kappa shape index (κ3) is 7.72. The number of non-ortho nitro benzene ring substituents is 1. The summed E-state index contributed by atoms with van der Waals surface area (Å²) in [5.74, 6) is 0.229. The lowest BCUT2D eigenvalue weighted by Crippen LogP contribution is -2.27. The molecule has 0 aromatic heterocycles. The number of nitrogens with zero attached hydrogens (tertiary/aromatic N) is 2. The van der Waals surface area contributed by atoms with Crippen LogP contribution < -0.4 is 14.4 Å². The van der Waals surface area contributed by atoms with Crippen LogP contribution in [0.2, 0.25) is 0 Å². The Kier molecular flexibility index (Phi) is 8.94. The molecule has 1 saturated heterocycles. The number of amides is 1. The third-order valence-electron chi connectivity index (χ3n) is 7.37. The van der Waals surface area contributed by atoms with Crippen LogP contribution in [0.4, 0.5) is 11.4 Å². The van der Waals surface area contributed by atoms with Crippen LogP contribution in [-0.4, -0.2) is 35.7 Å². The molecule has 0 aliphatic carbocycles. The van der Waals surface area contributed by atoms with Gasteiger partial charge < -0.3 is 19.1 Å². The quantitative estimate of drug-likeness (QED) is 0.0797. The van der Waals surface area contributed by atoms with E-state index in [1.165, 1.54) is 46.9 Å². The van der Waals surface area contributed by atoms with Crippen LogP contribution in [0.15, 0.2) is 97.1 Å². The molecule has 230 valence electrons. The van der Waals surface area contributed by atoms with Gasteiger partial charge in [-0.15, -0.1) is 0 Å². The van der Waals surface area contributed by atoms with E-state index in [2.05, 4.69) is 20.8 Å². The smallest absolute Gasteiger partial charge is 0.311 e. The average molecular weight is 609 g/mol. The number of ketones is 1. The predicted molar refractivity (Wildman–Crippen MR) is 167 cm³/mol. The van der Waals surface area contributed by atoms with Crippen LogP contribution in [0.25, 0.3) is 0 Å². The number of benzene rings is 4. The summed E-state index contributed by atoms with van der Waals surface area (Å²) in [6.45, 7) is 6.13. The molecule has 4 aromatic rings. The van der Waals surface area contributed by atoms with E-state index in [0.29, 0.717) is 34.2 Å². The maximum absolute atomic E-state index is 12.7. The van der Waals surface area contributed by atoms with Gasteiger partial charge in [0.05, 0.1) is 10.8 Å². The van der Waals surface area contributed by atoms with Gasteiger partial charge in [0.25, 0.3) is 5.69 Å². The molecule has 1 amide bonds. The van der Waals surface area contributed by atoms with Crippen molar-refractivity contribution in [1.82, 2.24) is 0 Å². The van der Waals surface area contributed by atoms with Gasteiger partial charge in [0.15, 0.2) is 12.4 Å². The highest BCUT2D eigenvalue weighted by atomic mass is 16.6. The summed E-state index contributed by atoms with van der Waals surface area (Å²) in [6.07, 6.45) is -0.0138. The average Bonchev–Trinajstić information content (AvgIpc) is 3.42. The van der Waals surface area contributed by atoms with Gasteiger partial charge in [0.2, 0.25) is 5.91 Å². The summed E-state index contributed by atoms with van der Waals surface area (Å²) in [5.41, 5.74) is 2.16. The van der Waals surface area contributed by atoms with Crippen molar-refractivity contribution in [3.05, 3.63) is 118 Å². The normalized spacial score (nSPS) is 14.6. The Morgan fingerprint density at radius 2 is 1.29 bits per heavy atom. The van der Waals surface area contributed by atoms with E-state index in [0.717, 1.165) is 0 Å². The number of nitro benzene ring substituents is 1. The number of esters is 1. The SMILES string of the molecule is CC(C)(C)c1ccc(Oc2ccc(N3C[C@@H](C(=O)OCC(=O)c4ccc(Oc5ccc([N+](=O)[O-])cc5)cc4)CC3=O)cc2)cc1. The number of ether oxygens (including phenoxy) is 3. The molecule has 45 heavy (non-hydrogen) atoms. The molecule has 1 heterocycles. The summed E-state index contributed by atoms with van der Waals surface area (Å²) in [4.78, 5) is 49.9. The Morgan fingerprint density at radius 3 is 1.80 bits per heavy atom. The van der Waals surface area contributed by atoms with Gasteiger partial charge >= 0.3 is 5.97 Å². The minimum Gasteiger partial charge on any atom is -0.457 e. The molecule has 1 fully saturated rings. The predicted octanol–water partition coefficient (Wildman–Crippen LogP) is 7.26. The van der Waals surface area contributed by atoms with Gasteiger partial charge in [0, 0.05) is 36.3 Å². The van der Waals surface area contributed by atoms with Gasteiger partial charge in [-0.3, -0.25) is 24.5 Å². The lowest BCUT2D eigenvalue weighted by atomic mass is 9.87. The van der Waals surface area contributed by atoms with Crippen molar-refractivity contribution in [3.63, 3.8) is 0 Å². The minimum absolute atomic E-state index is 0.0138. The first-order chi connectivity index (χ1) is 21.5. The molecule has 0 spiro atoms. The fourth-order valence-electron chi connectivity index (χ4n) is 4.79. The maximum Gasteiger partial charge on any atom is 0.311 e. The van der Waals surface area contributed by atoms with Crippen LogP contribution in [-0.2, 0) is 19.7 Å². The van der Waals surface area contributed by atoms with Gasteiger partial charge in [0.1, 0.15) is 23.0 Å². The number of anilines is 1. The van der Waals surface area contributed by atoms with E-state index < -0.39 is 29.2 Å². The molecule has 10 nitrogen and oxygen atoms in total. The van der Waals surface area contributed by atoms with E-state index >= 15 is 0 Å². The summed E-state index contributed by atoms with van der Waals surface area (Å²) >= 11 is 0. The number of carbonyl (C=O) groups is 3. The lowest BCUT2D eigenvalue weighted by molar-refractivity contribution is -0.384. The Labute approximate surface area is 260 Å². The fraction of sp³-hybridized carbons (Fsp3) is 0.229. The molecule has 0 radical (unpaired) electrons. The van der Waals surface area contributed by atoms with E-state index in [-0.39, 0.29) is 30.0 Å². The molecule has 10 heteroatoms. The highest BCUT2D eigenvalue weighted by Gasteiger charge is 2.36. The topological polar surface area (TPSA) is 125 Å². The highest BCUT2D eigenvalue weighted by Crippen LogP contribution is 2.31. The van der Waals surface area contributed by atoms with Gasteiger partial charge in [-0.25, -0.2) is 0 Å². The molecule has 4 aromatic carbocycles. The first-order valence-corrected chi connectivity index (χ1v) is 14.4. The van der Waals surface area contributed by atoms with E-state index in [4.69, 9.17) is 14.2 Å². The summed E-state index contributed by atoms with van der Waals surface area (Å²) < 4.78 is 16.9. The van der Waals surface area contributed by atoms with Crippen molar-refractivity contribution in [2.24, 2.45) is 5.92 Å². The lowest BCUT2D eigenvalue weighted by Gasteiger charge is -2.19. The van der Waals surface area contributed by atoms with Crippen molar-refractivity contribution < 1.29 is 33.5 Å². The molecule has 0 bridgehead atoms. The van der Waals surface area contributed by atoms with Gasteiger partial charge in [-0.2, -0.15) is 0 Å². The fourth-order valence-corrected chi connectivity index (χ4v) is 4.79. The number of hydrogen-bond donors (Lipinski definition) is 0. The van der Waals surface area contributed by atoms with Crippen molar-refractivity contribution in [2.75, 3.05) is 18.1 Å². The van der Waals surface area contributed by atoms with Crippen molar-refractivity contribution in [1.29, 1.82) is 0 Å². The summed E-state index contributed by atoms with van der Waals surface area (Å²) in [5, 5.41) is 10.8. The van der Waals surface area contributed by atoms with Crippen molar-refractivity contribution >= 4 is 29.0 Å². The van der Waals surface area contributed by atoms with Crippen LogP contribution in [0.3, 0.4) is 0 Å². The highest BCUT2D eigenvalue weighted by molar-refractivity contribution is 6.01. The molecule has 0 N–H and O–H groups in total. The second-order valence-corrected chi connectivity index (χ2v) is 11.7. The number of rotatable bonds is 10. The van der Waals surface area contributed by atoms with Crippen molar-refractivity contribution in [3.8, 4) is 23.0 Å². The number of Topliss-reactive ketones (excluding diaryl/α,β-unsaturated/α-hetero) is 1. The largest absolute Gasteiger partial charge is 0.457 e. The Hall–Kier alpha value is -5.51. The molecule has 0 saturated carbocycles. The molecule has 1 aliphatic heterocycles. The zero-order valence-corrected chi connectivity index (χ0v) is 25.1.